The molecular weight excluding hydrogens is 114 g/mol. The van der Waals surface area contributed by atoms with E-state index in [9.17, 15) is 0 Å². The van der Waals surface area contributed by atoms with Crippen LogP contribution in [0, 0.1) is 0 Å². The summed E-state index contributed by atoms with van der Waals surface area (Å²) in [5.74, 6) is 11.0. The van der Waals surface area contributed by atoms with Crippen molar-refractivity contribution in [3.63, 3.8) is 0 Å². The molecule has 4 N–H and O–H groups in total. The Morgan fingerprint density at radius 1 is 1.88 bits per heavy atom. The lowest BCUT2D eigenvalue weighted by atomic mass is 11.5. The zero-order valence-electron chi connectivity index (χ0n) is 4.27. The lowest BCUT2D eigenvalue weighted by molar-refractivity contribution is -0.424. The van der Waals surface area contributed by atoms with E-state index in [0.717, 1.165) is 0 Å². The number of nitrogens with one attached hydrogen (secondary N) is 1. The molecule has 0 aliphatic rings. The third-order valence-electron chi connectivity index (χ3n) is 0.446. The minimum Gasteiger partial charge on any atom is -0.610 e. The Labute approximate surface area is 46.2 Å². The Kier molecular flexibility index (Phi) is 3.56. The summed E-state index contributed by atoms with van der Waals surface area (Å²) in [6.45, 7) is 0. The maximum Gasteiger partial charge on any atom is -0.00757 e. The van der Waals surface area contributed by atoms with Crippen LogP contribution in [-0.4, -0.2) is 22.8 Å². The quantitative estimate of drug-likeness (QED) is 0.494. The summed E-state index contributed by atoms with van der Waals surface area (Å²) in [6.07, 6.45) is 0. The van der Waals surface area contributed by atoms with Crippen molar-refractivity contribution in [2.75, 3.05) is 7.05 Å². The summed E-state index contributed by atoms with van der Waals surface area (Å²) in [4.78, 5) is 3.64. The molecule has 50 valence electrons. The van der Waals surface area contributed by atoms with Gasteiger partial charge in [-0.15, -0.1) is 0 Å². The van der Waals surface area contributed by atoms with Crippen LogP contribution in [0.1, 0.15) is 0 Å². The number of hydrogen-bond donors (Lipinski definition) is 2. The van der Waals surface area contributed by atoms with Crippen LogP contribution in [0.25, 0.3) is 11.3 Å². The van der Waals surface area contributed by atoms with Crippen LogP contribution in [0.15, 0.2) is 0 Å². The fourth-order valence-corrected chi connectivity index (χ4v) is 0.121. The minimum absolute atomic E-state index is 0.0417. The van der Waals surface area contributed by atoms with Crippen LogP contribution in [-0.2, 0) is 4.94 Å². The Balaban J connectivity index is 3.29. The SMILES string of the molecule is C[N-]N([NH-])N(O)ON. The molecule has 0 aliphatic carbocycles. The van der Waals surface area contributed by atoms with Crippen molar-refractivity contribution in [1.29, 1.82) is 0 Å². The lowest BCUT2D eigenvalue weighted by Gasteiger charge is -2.41. The van der Waals surface area contributed by atoms with E-state index in [1.165, 1.54) is 7.05 Å². The molecule has 0 fully saturated rings. The molecule has 0 aromatic rings. The highest BCUT2D eigenvalue weighted by molar-refractivity contribution is 4.59. The molecule has 7 nitrogen and oxygen atoms in total. The van der Waals surface area contributed by atoms with Crippen LogP contribution in [0.3, 0.4) is 0 Å². The van der Waals surface area contributed by atoms with E-state index in [4.69, 9.17) is 11.0 Å². The van der Waals surface area contributed by atoms with Gasteiger partial charge in [0.05, 0.1) is 0 Å². The second-order valence-corrected chi connectivity index (χ2v) is 0.848. The van der Waals surface area contributed by atoms with E-state index < -0.39 is 0 Å². The van der Waals surface area contributed by atoms with Crippen molar-refractivity contribution < 1.29 is 10.1 Å². The van der Waals surface area contributed by atoms with Gasteiger partial charge in [-0.05, 0) is 5.34 Å². The molecule has 0 radical (unpaired) electrons. The van der Waals surface area contributed by atoms with Gasteiger partial charge in [-0.25, -0.2) is 0 Å². The normalized spacial score (nSPS) is 11.2. The Morgan fingerprint density at radius 2 is 2.38 bits per heavy atom. The summed E-state index contributed by atoms with van der Waals surface area (Å²) >= 11 is 0. The number of hydrazine groups is 1. The largest absolute Gasteiger partial charge is 0.610 e. The van der Waals surface area contributed by atoms with Gasteiger partial charge < -0.3 is 16.5 Å². The zero-order valence-corrected chi connectivity index (χ0v) is 4.27. The first-order valence-corrected chi connectivity index (χ1v) is 1.69. The summed E-state index contributed by atoms with van der Waals surface area (Å²) in [5.41, 5.74) is 3.13. The molecule has 0 rings (SSSR count). The van der Waals surface area contributed by atoms with Crippen molar-refractivity contribution in [3.8, 4) is 0 Å². The van der Waals surface area contributed by atoms with Gasteiger partial charge in [-0.1, -0.05) is 0 Å². The lowest BCUT2D eigenvalue weighted by Crippen LogP contribution is -2.33. The average molecular weight is 121 g/mol. The molecule has 8 heavy (non-hydrogen) atoms. The Hall–Kier alpha value is -0.280. The van der Waals surface area contributed by atoms with Gasteiger partial charge in [0.2, 0.25) is 0 Å². The standard InChI is InChI=1S/CH7N5O2/c1-4-5(2)6(7)8-3/h2,7H,3H2,1H3/q-2. The maximum absolute atomic E-state index is 8.26. The molecule has 0 atom stereocenters. The number of rotatable bonds is 3. The van der Waals surface area contributed by atoms with Crippen molar-refractivity contribution in [3.05, 3.63) is 11.3 Å². The monoisotopic (exact) mass is 121 g/mol. The molecule has 0 spiro atoms. The third kappa shape index (κ3) is 2.14. The molecule has 0 aromatic carbocycles. The highest BCUT2D eigenvalue weighted by atomic mass is 17.0. The Bertz CT molecular complexity index is 50.4. The molecular formula is CH7N5O2-2. The van der Waals surface area contributed by atoms with E-state index in [1.807, 2.05) is 0 Å². The van der Waals surface area contributed by atoms with Crippen LogP contribution >= 0.6 is 0 Å². The van der Waals surface area contributed by atoms with Gasteiger partial charge in [0.25, 0.3) is 0 Å². The van der Waals surface area contributed by atoms with Crippen molar-refractivity contribution >= 4 is 0 Å². The van der Waals surface area contributed by atoms with Crippen molar-refractivity contribution in [1.82, 2.24) is 10.6 Å². The first-order valence-electron chi connectivity index (χ1n) is 1.69. The topological polar surface area (TPSA) is 99.9 Å². The predicted molar refractivity (Wildman–Crippen MR) is 24.3 cm³/mol. The van der Waals surface area contributed by atoms with Gasteiger partial charge in [-0.3, -0.25) is 5.21 Å². The van der Waals surface area contributed by atoms with Crippen molar-refractivity contribution in [2.45, 2.75) is 0 Å². The number of nitrogens with two attached hydrogens (primary N) is 1. The molecule has 0 aromatic heterocycles. The van der Waals surface area contributed by atoms with Gasteiger partial charge in [0.15, 0.2) is 0 Å². The van der Waals surface area contributed by atoms with Crippen LogP contribution < -0.4 is 5.90 Å². The first-order chi connectivity index (χ1) is 3.72. The van der Waals surface area contributed by atoms with Gasteiger partial charge in [-0.2, -0.15) is 17.9 Å². The summed E-state index contributed by atoms with van der Waals surface area (Å²) < 4.78 is 0. The van der Waals surface area contributed by atoms with Gasteiger partial charge >= 0.3 is 0 Å². The van der Waals surface area contributed by atoms with E-state index in [1.54, 1.807) is 0 Å². The summed E-state index contributed by atoms with van der Waals surface area (Å²) in [6, 6.07) is 0. The molecule has 0 amide bonds. The first kappa shape index (κ1) is 7.72. The third-order valence-corrected chi connectivity index (χ3v) is 0.446. The second-order valence-electron chi connectivity index (χ2n) is 0.848. The van der Waals surface area contributed by atoms with E-state index in [0.29, 0.717) is 0 Å². The van der Waals surface area contributed by atoms with E-state index in [-0.39, 0.29) is 10.6 Å². The average Bonchev–Trinajstić information content (AvgIpc) is 1.84. The van der Waals surface area contributed by atoms with Crippen LogP contribution in [0.2, 0.25) is 0 Å². The summed E-state index contributed by atoms with van der Waals surface area (Å²) in [7, 11) is 1.29. The minimum atomic E-state index is -0.0417. The fourth-order valence-electron chi connectivity index (χ4n) is 0.121. The second kappa shape index (κ2) is 3.69. The van der Waals surface area contributed by atoms with Crippen LogP contribution in [0.5, 0.6) is 0 Å². The number of nitrogens with zero attached hydrogens (tertiary/aromatic N) is 3. The van der Waals surface area contributed by atoms with Gasteiger partial charge in [0, 0.05) is 0 Å². The molecule has 0 heterocycles. The molecule has 7 heteroatoms. The predicted octanol–water partition coefficient (Wildman–Crippen LogP) is -0.414. The molecule has 0 unspecified atom stereocenters. The molecule has 0 bridgehead atoms. The highest BCUT2D eigenvalue weighted by Gasteiger charge is 1.86. The van der Waals surface area contributed by atoms with Crippen LogP contribution in [0.4, 0.5) is 0 Å². The van der Waals surface area contributed by atoms with E-state index in [2.05, 4.69) is 16.3 Å². The number of hydrogen-bond acceptors (Lipinski definition) is 5. The molecule has 0 saturated heterocycles. The van der Waals surface area contributed by atoms with E-state index >= 15 is 0 Å². The highest BCUT2D eigenvalue weighted by Crippen LogP contribution is 1.95. The summed E-state index contributed by atoms with van der Waals surface area (Å²) in [5, 5.41) is 8.48. The Morgan fingerprint density at radius 3 is 2.50 bits per heavy atom. The fraction of sp³-hybridized carbons (Fsp3) is 1.00. The van der Waals surface area contributed by atoms with Crippen molar-refractivity contribution in [2.24, 2.45) is 5.90 Å². The molecule has 0 saturated carbocycles. The zero-order chi connectivity index (χ0) is 6.57. The van der Waals surface area contributed by atoms with Gasteiger partial charge in [0.1, 0.15) is 0 Å². The maximum atomic E-state index is 8.26. The smallest absolute Gasteiger partial charge is 0.00757 e. The molecule has 0 aliphatic heterocycles.